The zero-order valence-corrected chi connectivity index (χ0v) is 8.58. The highest BCUT2D eigenvalue weighted by Gasteiger charge is 1.99. The number of amides is 2. The van der Waals surface area contributed by atoms with E-state index in [0.29, 0.717) is 0 Å². The number of carbonyl (C=O) groups is 2. The summed E-state index contributed by atoms with van der Waals surface area (Å²) in [5.74, 6) is 0. The highest BCUT2D eigenvalue weighted by Crippen LogP contribution is 1.72. The first-order valence-corrected chi connectivity index (χ1v) is 2.72. The number of carbonyl (C=O) groups excluding carboxylic acids is 2. The Balaban J connectivity index is -0.000000500. The van der Waals surface area contributed by atoms with Crippen molar-refractivity contribution in [2.45, 2.75) is 0 Å². The molecule has 0 fully saturated rings. The van der Waals surface area contributed by atoms with E-state index in [1.807, 2.05) is 0 Å². The largest absolute Gasteiger partial charge is 0.428 e. The maximum atomic E-state index is 10.3. The van der Waals surface area contributed by atoms with Gasteiger partial charge in [0.15, 0.2) is 0 Å². The van der Waals surface area contributed by atoms with Gasteiger partial charge in [0.2, 0.25) is 0 Å². The molecule has 0 aromatic heterocycles. The van der Waals surface area contributed by atoms with Crippen molar-refractivity contribution < 1.29 is 19.3 Å². The van der Waals surface area contributed by atoms with Gasteiger partial charge >= 0.3 is 12.2 Å². The molecule has 0 radical (unpaired) electrons. The van der Waals surface area contributed by atoms with Crippen LogP contribution in [0.15, 0.2) is 0 Å². The summed E-state index contributed by atoms with van der Waals surface area (Å²) >= 11 is 0. The molecule has 0 aliphatic carbocycles. The van der Waals surface area contributed by atoms with Gasteiger partial charge in [-0.05, 0) is 0 Å². The Morgan fingerprint density at radius 1 is 0.923 bits per heavy atom. The van der Waals surface area contributed by atoms with Crippen LogP contribution in [0, 0.1) is 0 Å². The molecule has 3 N–H and O–H groups in total. The Hall–Kier alpha value is -0.920. The molecule has 0 aromatic rings. The molecule has 13 heavy (non-hydrogen) atoms. The predicted molar refractivity (Wildman–Crippen MR) is 48.7 cm³/mol. The van der Waals surface area contributed by atoms with Crippen LogP contribution in [0.1, 0.15) is 0 Å². The van der Waals surface area contributed by atoms with Gasteiger partial charge in [-0.15, -0.1) is 24.8 Å². The van der Waals surface area contributed by atoms with Gasteiger partial charge in [-0.2, -0.15) is 0 Å². The van der Waals surface area contributed by atoms with Crippen LogP contribution in [0.25, 0.3) is 0 Å². The van der Waals surface area contributed by atoms with E-state index in [4.69, 9.17) is 0 Å². The number of rotatable bonds is 2. The van der Waals surface area contributed by atoms with Crippen molar-refractivity contribution >= 4 is 37.0 Å². The van der Waals surface area contributed by atoms with E-state index < -0.39 is 12.2 Å². The fourth-order valence-corrected chi connectivity index (χ4v) is 0.199. The van der Waals surface area contributed by atoms with Gasteiger partial charge in [0.05, 0.1) is 0 Å². The molecule has 0 rings (SSSR count). The van der Waals surface area contributed by atoms with E-state index in [2.05, 4.69) is 20.3 Å². The minimum Gasteiger partial charge on any atom is -0.323 e. The van der Waals surface area contributed by atoms with Crippen LogP contribution < -0.4 is 16.3 Å². The van der Waals surface area contributed by atoms with Crippen LogP contribution in [0.4, 0.5) is 9.59 Å². The number of hydrogen-bond donors (Lipinski definition) is 3. The van der Waals surface area contributed by atoms with Crippen molar-refractivity contribution in [3.05, 3.63) is 0 Å². The minimum absolute atomic E-state index is 0. The first-order valence-electron chi connectivity index (χ1n) is 2.72. The predicted octanol–water partition coefficient (Wildman–Crippen LogP) is -0.0384. The molecule has 0 spiro atoms. The minimum atomic E-state index is -0.756. The summed E-state index contributed by atoms with van der Waals surface area (Å²) in [6, 6.07) is 0. The molecular formula is C4H11Cl2N3O4. The average Bonchev–Trinajstić information content (AvgIpc) is 2.04. The summed E-state index contributed by atoms with van der Waals surface area (Å²) in [6.45, 7) is 0. The Bertz CT molecular complexity index is 140. The fourth-order valence-electron chi connectivity index (χ4n) is 0.199. The van der Waals surface area contributed by atoms with Crippen molar-refractivity contribution in [3.8, 4) is 0 Å². The van der Waals surface area contributed by atoms with E-state index in [1.54, 1.807) is 5.64 Å². The Labute approximate surface area is 87.2 Å². The first-order chi connectivity index (χ1) is 5.20. The lowest BCUT2D eigenvalue weighted by Crippen LogP contribution is -2.32. The quantitative estimate of drug-likeness (QED) is 0.585. The molecule has 2 amide bonds. The summed E-state index contributed by atoms with van der Waals surface area (Å²) < 4.78 is 0. The van der Waals surface area contributed by atoms with Gasteiger partial charge in [0.1, 0.15) is 0 Å². The van der Waals surface area contributed by atoms with Gasteiger partial charge in [-0.1, -0.05) is 0 Å². The van der Waals surface area contributed by atoms with Crippen molar-refractivity contribution in [3.63, 3.8) is 0 Å². The van der Waals surface area contributed by atoms with E-state index in [-0.39, 0.29) is 24.8 Å². The SMILES string of the molecule is CNC(=O)ONOC(=O)NC.Cl.Cl. The van der Waals surface area contributed by atoms with Crippen molar-refractivity contribution in [2.75, 3.05) is 14.1 Å². The van der Waals surface area contributed by atoms with Gasteiger partial charge in [-0.3, -0.25) is 0 Å². The molecule has 0 aliphatic heterocycles. The maximum absolute atomic E-state index is 10.3. The second-order valence-electron chi connectivity index (χ2n) is 1.36. The molecule has 0 saturated carbocycles. The van der Waals surface area contributed by atoms with Crippen LogP contribution in [-0.4, -0.2) is 26.3 Å². The summed E-state index contributed by atoms with van der Waals surface area (Å²) in [5.41, 5.74) is 1.66. The van der Waals surface area contributed by atoms with Crippen LogP contribution in [0.5, 0.6) is 0 Å². The van der Waals surface area contributed by atoms with Crippen molar-refractivity contribution in [1.29, 1.82) is 0 Å². The molecule has 0 heterocycles. The van der Waals surface area contributed by atoms with E-state index in [1.165, 1.54) is 14.1 Å². The number of hydrogen-bond acceptors (Lipinski definition) is 5. The normalized spacial score (nSPS) is 6.92. The number of halogens is 2. The topological polar surface area (TPSA) is 88.7 Å². The third kappa shape index (κ3) is 11.1. The third-order valence-corrected chi connectivity index (χ3v) is 0.677. The van der Waals surface area contributed by atoms with Crippen LogP contribution in [0.2, 0.25) is 0 Å². The lowest BCUT2D eigenvalue weighted by Gasteiger charge is -2.03. The molecule has 80 valence electrons. The Morgan fingerprint density at radius 3 is 1.46 bits per heavy atom. The maximum Gasteiger partial charge on any atom is 0.428 e. The molecule has 0 bridgehead atoms. The average molecular weight is 236 g/mol. The summed E-state index contributed by atoms with van der Waals surface area (Å²) in [4.78, 5) is 28.7. The van der Waals surface area contributed by atoms with Gasteiger partial charge < -0.3 is 20.3 Å². The monoisotopic (exact) mass is 235 g/mol. The van der Waals surface area contributed by atoms with E-state index in [9.17, 15) is 9.59 Å². The Kier molecular flexibility index (Phi) is 15.3. The molecule has 9 heteroatoms. The van der Waals surface area contributed by atoms with E-state index in [0.717, 1.165) is 0 Å². The van der Waals surface area contributed by atoms with Crippen LogP contribution >= 0.6 is 24.8 Å². The highest BCUT2D eigenvalue weighted by atomic mass is 35.5. The standard InChI is InChI=1S/C4H9N3O4.2ClH/c1-5-3(8)10-7-11-4(9)6-2;;/h7H,1-2H3,(H,5,8)(H,6,9);2*1H. The Morgan fingerprint density at radius 2 is 1.23 bits per heavy atom. The molecule has 0 aromatic carbocycles. The molecular weight excluding hydrogens is 225 g/mol. The fraction of sp³-hybridized carbons (Fsp3) is 0.500. The van der Waals surface area contributed by atoms with Gasteiger partial charge in [-0.25, -0.2) is 9.59 Å². The van der Waals surface area contributed by atoms with Crippen molar-refractivity contribution in [2.24, 2.45) is 0 Å². The van der Waals surface area contributed by atoms with Gasteiger partial charge in [0.25, 0.3) is 0 Å². The molecule has 0 atom stereocenters. The third-order valence-electron chi connectivity index (χ3n) is 0.677. The zero-order valence-electron chi connectivity index (χ0n) is 6.95. The lowest BCUT2D eigenvalue weighted by molar-refractivity contribution is -0.0839. The van der Waals surface area contributed by atoms with Crippen molar-refractivity contribution in [1.82, 2.24) is 16.3 Å². The summed E-state index contributed by atoms with van der Waals surface area (Å²) in [6.07, 6.45) is -1.51. The highest BCUT2D eigenvalue weighted by molar-refractivity contribution is 5.85. The van der Waals surface area contributed by atoms with Gasteiger partial charge in [0, 0.05) is 19.7 Å². The van der Waals surface area contributed by atoms with Crippen LogP contribution in [0.3, 0.4) is 0 Å². The molecule has 0 aliphatic rings. The smallest absolute Gasteiger partial charge is 0.323 e. The second-order valence-corrected chi connectivity index (χ2v) is 1.36. The first kappa shape index (κ1) is 18.0. The zero-order chi connectivity index (χ0) is 8.69. The number of nitrogens with one attached hydrogen (secondary N) is 3. The molecule has 0 unspecified atom stereocenters. The summed E-state index contributed by atoms with van der Waals surface area (Å²) in [5, 5.41) is 4.24. The summed E-state index contributed by atoms with van der Waals surface area (Å²) in [7, 11) is 2.73. The van der Waals surface area contributed by atoms with E-state index >= 15 is 0 Å². The lowest BCUT2D eigenvalue weighted by atomic mass is 11.1. The second kappa shape index (κ2) is 11.1. The molecule has 7 nitrogen and oxygen atoms in total. The molecule has 0 saturated heterocycles. The van der Waals surface area contributed by atoms with Crippen LogP contribution in [-0.2, 0) is 9.68 Å².